The van der Waals surface area contributed by atoms with E-state index < -0.39 is 0 Å². The predicted molar refractivity (Wildman–Crippen MR) is 126 cm³/mol. The van der Waals surface area contributed by atoms with Crippen LogP contribution >= 0.6 is 0 Å². The summed E-state index contributed by atoms with van der Waals surface area (Å²) >= 11 is 0. The summed E-state index contributed by atoms with van der Waals surface area (Å²) in [5.74, 6) is 0.695. The Bertz CT molecular complexity index is 1130. The number of likely N-dealkylation sites (N-methyl/N-ethyl adjacent to an activating group) is 1. The van der Waals surface area contributed by atoms with E-state index in [4.69, 9.17) is 4.74 Å². The van der Waals surface area contributed by atoms with Crippen molar-refractivity contribution in [2.75, 3.05) is 18.9 Å². The maximum atomic E-state index is 12.4. The van der Waals surface area contributed by atoms with E-state index in [1.54, 1.807) is 0 Å². The molecule has 3 aromatic carbocycles. The highest BCUT2D eigenvalue weighted by Gasteiger charge is 2.09. The monoisotopic (exact) mass is 426 g/mol. The third-order valence-corrected chi connectivity index (χ3v) is 4.91. The largest absolute Gasteiger partial charge is 0.489 e. The van der Waals surface area contributed by atoms with Gasteiger partial charge in [0.25, 0.3) is 0 Å². The van der Waals surface area contributed by atoms with Crippen molar-refractivity contribution in [3.8, 4) is 11.4 Å². The van der Waals surface area contributed by atoms with Crippen LogP contribution in [0, 0.1) is 0 Å². The molecule has 1 N–H and O–H groups in total. The first-order valence-corrected chi connectivity index (χ1v) is 10.5. The Morgan fingerprint density at radius 3 is 2.34 bits per heavy atom. The molecule has 0 radical (unpaired) electrons. The average Bonchev–Trinajstić information content (AvgIpc) is 3.28. The Morgan fingerprint density at radius 1 is 0.938 bits per heavy atom. The van der Waals surface area contributed by atoms with Crippen molar-refractivity contribution in [2.45, 2.75) is 13.2 Å². The van der Waals surface area contributed by atoms with Gasteiger partial charge >= 0.3 is 0 Å². The van der Waals surface area contributed by atoms with Gasteiger partial charge in [-0.25, -0.2) is 4.68 Å². The number of carbonyl (C=O) groups is 1. The van der Waals surface area contributed by atoms with Crippen molar-refractivity contribution in [1.29, 1.82) is 0 Å². The molecule has 0 saturated carbocycles. The van der Waals surface area contributed by atoms with Crippen LogP contribution in [0.25, 0.3) is 5.69 Å². The molecule has 6 nitrogen and oxygen atoms in total. The number of para-hydroxylation sites is 1. The van der Waals surface area contributed by atoms with E-state index in [0.717, 1.165) is 28.3 Å². The van der Waals surface area contributed by atoms with Crippen molar-refractivity contribution in [2.24, 2.45) is 0 Å². The first-order chi connectivity index (χ1) is 15.7. The van der Waals surface area contributed by atoms with E-state index in [1.807, 2.05) is 114 Å². The second-order valence-electron chi connectivity index (χ2n) is 7.65. The standard InChI is InChI=1S/C26H26N4O2/c1-29(17-22-16-27-30(18-22)24-10-6-3-7-11-24)19-26(31)28-23-12-14-25(15-13-23)32-20-21-8-4-2-5-9-21/h2-16,18H,17,19-20H2,1H3,(H,28,31). The highest BCUT2D eigenvalue weighted by molar-refractivity contribution is 5.92. The normalized spacial score (nSPS) is 10.8. The van der Waals surface area contributed by atoms with Crippen LogP contribution in [0.1, 0.15) is 11.1 Å². The van der Waals surface area contributed by atoms with Gasteiger partial charge in [0, 0.05) is 24.0 Å². The quantitative estimate of drug-likeness (QED) is 0.427. The van der Waals surface area contributed by atoms with Crippen molar-refractivity contribution in [3.63, 3.8) is 0 Å². The number of rotatable bonds is 9. The Morgan fingerprint density at radius 2 is 1.62 bits per heavy atom. The van der Waals surface area contributed by atoms with Gasteiger partial charge in [0.2, 0.25) is 5.91 Å². The molecule has 0 unspecified atom stereocenters. The van der Waals surface area contributed by atoms with E-state index >= 15 is 0 Å². The first-order valence-electron chi connectivity index (χ1n) is 10.5. The van der Waals surface area contributed by atoms with Crippen molar-refractivity contribution in [1.82, 2.24) is 14.7 Å². The van der Waals surface area contributed by atoms with Crippen LogP contribution in [0.15, 0.2) is 97.3 Å². The smallest absolute Gasteiger partial charge is 0.238 e. The summed E-state index contributed by atoms with van der Waals surface area (Å²) in [5, 5.41) is 7.34. The van der Waals surface area contributed by atoms with Crippen LogP contribution < -0.4 is 10.1 Å². The zero-order valence-electron chi connectivity index (χ0n) is 18.0. The summed E-state index contributed by atoms with van der Waals surface area (Å²) in [7, 11) is 1.92. The molecule has 0 aliphatic carbocycles. The van der Waals surface area contributed by atoms with Gasteiger partial charge in [-0.1, -0.05) is 48.5 Å². The topological polar surface area (TPSA) is 59.4 Å². The molecular formula is C26H26N4O2. The van der Waals surface area contributed by atoms with Gasteiger partial charge in [-0.2, -0.15) is 5.10 Å². The van der Waals surface area contributed by atoms with Crippen LogP contribution in [0.4, 0.5) is 5.69 Å². The minimum absolute atomic E-state index is 0.0686. The molecular weight excluding hydrogens is 400 g/mol. The summed E-state index contributed by atoms with van der Waals surface area (Å²) in [6.45, 7) is 1.42. The molecule has 6 heteroatoms. The molecule has 1 aromatic heterocycles. The molecule has 1 heterocycles. The minimum Gasteiger partial charge on any atom is -0.489 e. The van der Waals surface area contributed by atoms with E-state index in [-0.39, 0.29) is 12.5 Å². The molecule has 4 rings (SSSR count). The number of nitrogens with one attached hydrogen (secondary N) is 1. The highest BCUT2D eigenvalue weighted by Crippen LogP contribution is 2.17. The van der Waals surface area contributed by atoms with Gasteiger partial charge in [-0.15, -0.1) is 0 Å². The lowest BCUT2D eigenvalue weighted by atomic mass is 10.2. The van der Waals surface area contributed by atoms with E-state index in [2.05, 4.69) is 10.4 Å². The van der Waals surface area contributed by atoms with Crippen molar-refractivity contribution in [3.05, 3.63) is 108 Å². The molecule has 1 amide bonds. The first kappa shape index (κ1) is 21.3. The van der Waals surface area contributed by atoms with Crippen molar-refractivity contribution >= 4 is 11.6 Å². The fourth-order valence-corrected chi connectivity index (χ4v) is 3.35. The molecule has 0 bridgehead atoms. The lowest BCUT2D eigenvalue weighted by molar-refractivity contribution is -0.117. The van der Waals surface area contributed by atoms with Crippen LogP contribution in [0.2, 0.25) is 0 Å². The Hall–Kier alpha value is -3.90. The van der Waals surface area contributed by atoms with E-state index in [0.29, 0.717) is 13.2 Å². The number of aromatic nitrogens is 2. The van der Waals surface area contributed by atoms with Gasteiger partial charge in [0.1, 0.15) is 12.4 Å². The number of amides is 1. The molecule has 4 aromatic rings. The number of anilines is 1. The zero-order valence-corrected chi connectivity index (χ0v) is 18.0. The van der Waals surface area contributed by atoms with E-state index in [1.165, 1.54) is 0 Å². The molecule has 0 atom stereocenters. The lowest BCUT2D eigenvalue weighted by Crippen LogP contribution is -2.29. The fourth-order valence-electron chi connectivity index (χ4n) is 3.35. The maximum Gasteiger partial charge on any atom is 0.238 e. The Labute approximate surface area is 188 Å². The van der Waals surface area contributed by atoms with Gasteiger partial charge in [-0.05, 0) is 49.0 Å². The molecule has 32 heavy (non-hydrogen) atoms. The van der Waals surface area contributed by atoms with Gasteiger partial charge < -0.3 is 10.1 Å². The number of ether oxygens (including phenoxy) is 1. The zero-order chi connectivity index (χ0) is 22.2. The van der Waals surface area contributed by atoms with Crippen LogP contribution in [-0.4, -0.2) is 34.2 Å². The third-order valence-electron chi connectivity index (χ3n) is 4.91. The average molecular weight is 427 g/mol. The SMILES string of the molecule is CN(CC(=O)Nc1ccc(OCc2ccccc2)cc1)Cc1cnn(-c2ccccc2)c1. The summed E-state index contributed by atoms with van der Waals surface area (Å²) in [6.07, 6.45) is 3.81. The summed E-state index contributed by atoms with van der Waals surface area (Å²) in [4.78, 5) is 14.4. The fraction of sp³-hybridized carbons (Fsp3) is 0.154. The molecule has 0 aliphatic heterocycles. The molecule has 0 spiro atoms. The minimum atomic E-state index is -0.0686. The third kappa shape index (κ3) is 6.06. The van der Waals surface area contributed by atoms with Crippen LogP contribution in [-0.2, 0) is 17.9 Å². The van der Waals surface area contributed by atoms with E-state index in [9.17, 15) is 4.79 Å². The predicted octanol–water partition coefficient (Wildman–Crippen LogP) is 4.52. The Kier molecular flexibility index (Phi) is 6.94. The summed E-state index contributed by atoms with van der Waals surface area (Å²) in [6, 6.07) is 27.4. The van der Waals surface area contributed by atoms with Crippen molar-refractivity contribution < 1.29 is 9.53 Å². The summed E-state index contributed by atoms with van der Waals surface area (Å²) in [5.41, 5.74) is 3.91. The molecule has 0 aliphatic rings. The molecule has 0 fully saturated rings. The maximum absolute atomic E-state index is 12.4. The van der Waals surface area contributed by atoms with Gasteiger partial charge in [-0.3, -0.25) is 9.69 Å². The molecule has 162 valence electrons. The number of benzene rings is 3. The number of hydrogen-bond donors (Lipinski definition) is 1. The second-order valence-corrected chi connectivity index (χ2v) is 7.65. The number of carbonyl (C=O) groups excluding carboxylic acids is 1. The highest BCUT2D eigenvalue weighted by atomic mass is 16.5. The Balaban J connectivity index is 1.24. The second kappa shape index (κ2) is 10.4. The number of hydrogen-bond acceptors (Lipinski definition) is 4. The summed E-state index contributed by atoms with van der Waals surface area (Å²) < 4.78 is 7.63. The lowest BCUT2D eigenvalue weighted by Gasteiger charge is -2.15. The number of nitrogens with zero attached hydrogens (tertiary/aromatic N) is 3. The van der Waals surface area contributed by atoms with Gasteiger partial charge in [0.15, 0.2) is 0 Å². The van der Waals surface area contributed by atoms with Gasteiger partial charge in [0.05, 0.1) is 18.4 Å². The van der Waals surface area contributed by atoms with Crippen LogP contribution in [0.3, 0.4) is 0 Å². The molecule has 0 saturated heterocycles. The van der Waals surface area contributed by atoms with Crippen LogP contribution in [0.5, 0.6) is 5.75 Å².